The number of furan rings is 1. The molecule has 0 saturated heterocycles. The molecule has 2 nitrogen and oxygen atoms in total. The molecule has 0 spiro atoms. The first-order chi connectivity index (χ1) is 11.0. The molecular formula is C21H26O2. The predicted octanol–water partition coefficient (Wildman–Crippen LogP) is 6.16. The van der Waals surface area contributed by atoms with Gasteiger partial charge in [-0.2, -0.15) is 0 Å². The Kier molecular flexibility index (Phi) is 3.33. The average molecular weight is 310 g/mol. The van der Waals surface area contributed by atoms with Gasteiger partial charge in [0, 0.05) is 16.9 Å². The highest BCUT2D eigenvalue weighted by atomic mass is 16.5. The normalized spacial score (nSPS) is 26.2. The Balaban J connectivity index is 1.99. The molecule has 1 heterocycles. The van der Waals surface area contributed by atoms with Gasteiger partial charge in [0.25, 0.3) is 0 Å². The second-order valence-electron chi connectivity index (χ2n) is 7.92. The van der Waals surface area contributed by atoms with E-state index in [1.807, 2.05) is 6.07 Å². The van der Waals surface area contributed by atoms with E-state index in [1.54, 1.807) is 7.11 Å². The molecule has 0 saturated carbocycles. The molecule has 0 radical (unpaired) electrons. The van der Waals surface area contributed by atoms with Crippen molar-refractivity contribution in [2.45, 2.75) is 52.4 Å². The number of fused-ring (bicyclic) bond motifs is 5. The highest BCUT2D eigenvalue weighted by molar-refractivity contribution is 5.94. The van der Waals surface area contributed by atoms with Crippen LogP contribution < -0.4 is 4.74 Å². The molecule has 2 aliphatic carbocycles. The summed E-state index contributed by atoms with van der Waals surface area (Å²) in [5.41, 5.74) is 4.25. The van der Waals surface area contributed by atoms with Gasteiger partial charge in [-0.05, 0) is 60.8 Å². The summed E-state index contributed by atoms with van der Waals surface area (Å²) in [6.45, 7) is 7.18. The number of benzene rings is 1. The van der Waals surface area contributed by atoms with Gasteiger partial charge in [-0.3, -0.25) is 0 Å². The largest absolute Gasteiger partial charge is 0.497 e. The van der Waals surface area contributed by atoms with Crippen LogP contribution in [0.1, 0.15) is 63.7 Å². The van der Waals surface area contributed by atoms with Gasteiger partial charge in [-0.15, -0.1) is 0 Å². The summed E-state index contributed by atoms with van der Waals surface area (Å²) in [6, 6.07) is 6.20. The van der Waals surface area contributed by atoms with Crippen LogP contribution >= 0.6 is 0 Å². The Bertz CT molecular complexity index is 778. The lowest BCUT2D eigenvalue weighted by Gasteiger charge is -2.39. The quantitative estimate of drug-likeness (QED) is 0.629. The minimum absolute atomic E-state index is 0.369. The van der Waals surface area contributed by atoms with E-state index >= 15 is 0 Å². The number of rotatable bonds is 1. The fourth-order valence-corrected chi connectivity index (χ4v) is 4.57. The number of hydrogen-bond donors (Lipinski definition) is 0. The van der Waals surface area contributed by atoms with Gasteiger partial charge in [0.05, 0.1) is 7.11 Å². The van der Waals surface area contributed by atoms with Gasteiger partial charge in [0.1, 0.15) is 17.1 Å². The predicted molar refractivity (Wildman–Crippen MR) is 94.9 cm³/mol. The van der Waals surface area contributed by atoms with Crippen molar-refractivity contribution in [2.24, 2.45) is 11.3 Å². The van der Waals surface area contributed by atoms with Crippen LogP contribution in [-0.2, 0) is 0 Å². The molecule has 1 aromatic carbocycles. The van der Waals surface area contributed by atoms with Crippen molar-refractivity contribution in [2.75, 3.05) is 7.11 Å². The Hall–Kier alpha value is -1.70. The maximum absolute atomic E-state index is 6.30. The highest BCUT2D eigenvalue weighted by Gasteiger charge is 2.39. The summed E-state index contributed by atoms with van der Waals surface area (Å²) in [5, 5.41) is 1.22. The average Bonchev–Trinajstić information content (AvgIpc) is 2.84. The second-order valence-corrected chi connectivity index (χ2v) is 7.92. The lowest BCUT2D eigenvalue weighted by Crippen LogP contribution is -2.27. The zero-order valence-corrected chi connectivity index (χ0v) is 14.6. The van der Waals surface area contributed by atoms with Gasteiger partial charge >= 0.3 is 0 Å². The smallest absolute Gasteiger partial charge is 0.135 e. The Morgan fingerprint density at radius 1 is 1.22 bits per heavy atom. The van der Waals surface area contributed by atoms with Crippen LogP contribution in [0.2, 0.25) is 0 Å². The second kappa shape index (κ2) is 5.15. The lowest BCUT2D eigenvalue weighted by molar-refractivity contribution is 0.223. The molecular weight excluding hydrogens is 284 g/mol. The minimum Gasteiger partial charge on any atom is -0.497 e. The molecule has 2 aromatic rings. The monoisotopic (exact) mass is 310 g/mol. The van der Waals surface area contributed by atoms with Crippen molar-refractivity contribution in [1.82, 2.24) is 0 Å². The third kappa shape index (κ3) is 2.22. The Labute approximate surface area is 138 Å². The Morgan fingerprint density at radius 3 is 2.83 bits per heavy atom. The van der Waals surface area contributed by atoms with Crippen LogP contribution in [0.25, 0.3) is 16.5 Å². The standard InChI is InChI=1S/C21H26O2/c1-13-7-9-17-15(6-5-11-21(17,2)3)19-16-12-14(22-4)8-10-18(16)23-20(13)19/h6,8,10,12-13,17H,5,7,9,11H2,1-4H3. The molecule has 1 aromatic heterocycles. The van der Waals surface area contributed by atoms with Crippen molar-refractivity contribution < 1.29 is 9.15 Å². The van der Waals surface area contributed by atoms with Crippen LogP contribution in [-0.4, -0.2) is 7.11 Å². The van der Waals surface area contributed by atoms with E-state index in [1.165, 1.54) is 48.0 Å². The molecule has 0 bridgehead atoms. The molecule has 0 amide bonds. The van der Waals surface area contributed by atoms with Crippen LogP contribution in [0.15, 0.2) is 28.7 Å². The third-order valence-corrected chi connectivity index (χ3v) is 6.02. The number of hydrogen-bond acceptors (Lipinski definition) is 2. The summed E-state index contributed by atoms with van der Waals surface area (Å²) in [7, 11) is 1.73. The fourth-order valence-electron chi connectivity index (χ4n) is 4.57. The number of ether oxygens (including phenoxy) is 1. The van der Waals surface area contributed by atoms with E-state index in [9.17, 15) is 0 Å². The zero-order chi connectivity index (χ0) is 16.2. The van der Waals surface area contributed by atoms with Crippen LogP contribution in [0.4, 0.5) is 0 Å². The first kappa shape index (κ1) is 14.9. The first-order valence-electron chi connectivity index (χ1n) is 8.82. The maximum atomic E-state index is 6.30. The number of methoxy groups -OCH3 is 1. The van der Waals surface area contributed by atoms with Crippen LogP contribution in [0.5, 0.6) is 5.75 Å². The molecule has 0 aliphatic heterocycles. The van der Waals surface area contributed by atoms with Crippen molar-refractivity contribution in [3.05, 3.63) is 35.6 Å². The molecule has 2 unspecified atom stereocenters. The molecule has 23 heavy (non-hydrogen) atoms. The Morgan fingerprint density at radius 2 is 2.04 bits per heavy atom. The highest BCUT2D eigenvalue weighted by Crippen LogP contribution is 2.53. The first-order valence-corrected chi connectivity index (χ1v) is 8.82. The summed E-state index contributed by atoms with van der Waals surface area (Å²) < 4.78 is 11.8. The maximum Gasteiger partial charge on any atom is 0.135 e. The van der Waals surface area contributed by atoms with E-state index in [0.717, 1.165) is 11.3 Å². The van der Waals surface area contributed by atoms with E-state index in [-0.39, 0.29) is 0 Å². The molecule has 2 heteroatoms. The van der Waals surface area contributed by atoms with Crippen molar-refractivity contribution in [1.29, 1.82) is 0 Å². The molecule has 2 aliphatic rings. The van der Waals surface area contributed by atoms with Crippen LogP contribution in [0.3, 0.4) is 0 Å². The lowest BCUT2D eigenvalue weighted by atomic mass is 9.66. The molecule has 0 fully saturated rings. The third-order valence-electron chi connectivity index (χ3n) is 6.02. The molecule has 4 rings (SSSR count). The van der Waals surface area contributed by atoms with E-state index in [4.69, 9.17) is 9.15 Å². The van der Waals surface area contributed by atoms with Crippen molar-refractivity contribution in [3.63, 3.8) is 0 Å². The number of allylic oxidation sites excluding steroid dienone is 2. The molecule has 0 N–H and O–H groups in total. The summed E-state index contributed by atoms with van der Waals surface area (Å²) >= 11 is 0. The summed E-state index contributed by atoms with van der Waals surface area (Å²) in [4.78, 5) is 0. The van der Waals surface area contributed by atoms with Crippen LogP contribution in [0, 0.1) is 11.3 Å². The topological polar surface area (TPSA) is 22.4 Å². The summed E-state index contributed by atoms with van der Waals surface area (Å²) in [5.74, 6) is 3.20. The zero-order valence-electron chi connectivity index (χ0n) is 14.6. The van der Waals surface area contributed by atoms with Crippen molar-refractivity contribution in [3.8, 4) is 5.75 Å². The van der Waals surface area contributed by atoms with E-state index in [0.29, 0.717) is 17.3 Å². The van der Waals surface area contributed by atoms with Gasteiger partial charge in [-0.25, -0.2) is 0 Å². The van der Waals surface area contributed by atoms with Crippen molar-refractivity contribution >= 4 is 16.5 Å². The fraction of sp³-hybridized carbons (Fsp3) is 0.524. The van der Waals surface area contributed by atoms with Gasteiger partial charge in [0.2, 0.25) is 0 Å². The minimum atomic E-state index is 0.369. The van der Waals surface area contributed by atoms with Gasteiger partial charge in [-0.1, -0.05) is 26.8 Å². The molecule has 122 valence electrons. The summed E-state index contributed by atoms with van der Waals surface area (Å²) in [6.07, 6.45) is 7.39. The van der Waals surface area contributed by atoms with E-state index < -0.39 is 0 Å². The van der Waals surface area contributed by atoms with Gasteiger partial charge in [0.15, 0.2) is 0 Å². The SMILES string of the molecule is COc1ccc2oc3c(c2c1)C1=CCCC(C)(C)C1CCC3C. The molecule has 2 atom stereocenters. The van der Waals surface area contributed by atoms with Gasteiger partial charge < -0.3 is 9.15 Å². The van der Waals surface area contributed by atoms with E-state index in [2.05, 4.69) is 39.0 Å².